The molecule has 0 aromatic heterocycles. The van der Waals surface area contributed by atoms with Crippen molar-refractivity contribution >= 4 is 56.1 Å². The number of rotatable bonds is 4. The molecule has 1 saturated heterocycles. The predicted molar refractivity (Wildman–Crippen MR) is 144 cm³/mol. The Morgan fingerprint density at radius 2 is 1.72 bits per heavy atom. The van der Waals surface area contributed by atoms with Gasteiger partial charge in [0, 0.05) is 17.3 Å². The van der Waals surface area contributed by atoms with Crippen LogP contribution < -0.4 is 4.90 Å². The Morgan fingerprint density at radius 1 is 1.03 bits per heavy atom. The molecule has 1 N–H and O–H groups in total. The van der Waals surface area contributed by atoms with E-state index in [1.165, 1.54) is 18.2 Å². The standard InChI is InChI=1S/C27H22BrFN4O2S/c1-16-6-8-17(9-7-16)21-14-23(18-10-12-19(28)13-11-18)33(31-21)27(30)36-24-15-25(34)32(26(24)35)22-5-3-2-4-20(22)29/h2-13,23-24,30H,14-15H2,1H3/t23-,24+/m0/s1. The second-order valence-electron chi connectivity index (χ2n) is 8.66. The van der Waals surface area contributed by atoms with Crippen molar-refractivity contribution in [3.05, 3.63) is 99.8 Å². The van der Waals surface area contributed by atoms with Crippen LogP contribution in [0.3, 0.4) is 0 Å². The van der Waals surface area contributed by atoms with Gasteiger partial charge in [0.15, 0.2) is 5.17 Å². The molecular formula is C27H22BrFN4O2S. The molecule has 3 aromatic rings. The van der Waals surface area contributed by atoms with Crippen molar-refractivity contribution < 1.29 is 14.0 Å². The van der Waals surface area contributed by atoms with Crippen LogP contribution in [0, 0.1) is 18.2 Å². The van der Waals surface area contributed by atoms with Crippen LogP contribution in [-0.2, 0) is 9.59 Å². The largest absolute Gasteiger partial charge is 0.277 e. The number of nitrogens with zero attached hydrogens (tertiary/aromatic N) is 3. The van der Waals surface area contributed by atoms with E-state index < -0.39 is 22.9 Å². The lowest BCUT2D eigenvalue weighted by atomic mass is 9.98. The number of hydrogen-bond donors (Lipinski definition) is 1. The zero-order valence-corrected chi connectivity index (χ0v) is 21.7. The molecule has 0 unspecified atom stereocenters. The highest BCUT2D eigenvalue weighted by Crippen LogP contribution is 2.38. The summed E-state index contributed by atoms with van der Waals surface area (Å²) in [4.78, 5) is 26.6. The van der Waals surface area contributed by atoms with Crippen molar-refractivity contribution in [1.29, 1.82) is 5.41 Å². The summed E-state index contributed by atoms with van der Waals surface area (Å²) >= 11 is 4.44. The number of imide groups is 1. The number of amidine groups is 1. The molecule has 0 radical (unpaired) electrons. The Morgan fingerprint density at radius 3 is 2.42 bits per heavy atom. The summed E-state index contributed by atoms with van der Waals surface area (Å²) in [5.41, 5.74) is 3.88. The summed E-state index contributed by atoms with van der Waals surface area (Å²) in [5.74, 6) is -1.64. The summed E-state index contributed by atoms with van der Waals surface area (Å²) in [6.45, 7) is 2.02. The number of hydrogen-bond acceptors (Lipinski definition) is 5. The first-order valence-corrected chi connectivity index (χ1v) is 13.0. The number of benzene rings is 3. The minimum absolute atomic E-state index is 0.0595. The lowest BCUT2D eigenvalue weighted by Crippen LogP contribution is -2.33. The normalized spacial score (nSPS) is 19.7. The second kappa shape index (κ2) is 9.99. The SMILES string of the molecule is Cc1ccc(C2=NN(C(=N)S[C@@H]3CC(=O)N(c4ccccc4F)C3=O)[C@H](c3ccc(Br)cc3)C2)cc1. The van der Waals surface area contributed by atoms with Crippen LogP contribution in [0.1, 0.15) is 35.6 Å². The van der Waals surface area contributed by atoms with Gasteiger partial charge in [-0.15, -0.1) is 0 Å². The Balaban J connectivity index is 1.41. The average molecular weight is 565 g/mol. The Hall–Kier alpha value is -3.30. The fourth-order valence-corrected chi connectivity index (χ4v) is 5.58. The van der Waals surface area contributed by atoms with Gasteiger partial charge >= 0.3 is 0 Å². The van der Waals surface area contributed by atoms with Crippen molar-refractivity contribution in [2.24, 2.45) is 5.10 Å². The smallest absolute Gasteiger partial charge is 0.247 e. The van der Waals surface area contributed by atoms with Gasteiger partial charge in [0.2, 0.25) is 11.8 Å². The summed E-state index contributed by atoms with van der Waals surface area (Å²) in [6.07, 6.45) is 0.484. The third kappa shape index (κ3) is 4.73. The number of carbonyl (C=O) groups is 2. The van der Waals surface area contributed by atoms with Crippen molar-refractivity contribution in [3.63, 3.8) is 0 Å². The minimum atomic E-state index is -0.825. The number of aryl methyl sites for hydroxylation is 1. The van der Waals surface area contributed by atoms with Gasteiger partial charge in [-0.1, -0.05) is 81.8 Å². The van der Waals surface area contributed by atoms with Gasteiger partial charge in [-0.3, -0.25) is 15.0 Å². The van der Waals surface area contributed by atoms with Gasteiger partial charge in [-0.2, -0.15) is 5.10 Å². The van der Waals surface area contributed by atoms with Crippen LogP contribution in [-0.4, -0.2) is 33.0 Å². The summed E-state index contributed by atoms with van der Waals surface area (Å²) in [5, 5.41) is 14.5. The molecule has 36 heavy (non-hydrogen) atoms. The number of anilines is 1. The van der Waals surface area contributed by atoms with Gasteiger partial charge in [0.25, 0.3) is 0 Å². The van der Waals surface area contributed by atoms with E-state index in [2.05, 4.69) is 15.9 Å². The number of carbonyl (C=O) groups excluding carboxylic acids is 2. The first kappa shape index (κ1) is 24.4. The van der Waals surface area contributed by atoms with Crippen LogP contribution in [0.25, 0.3) is 0 Å². The minimum Gasteiger partial charge on any atom is -0.277 e. The van der Waals surface area contributed by atoms with Crippen LogP contribution in [0.4, 0.5) is 10.1 Å². The van der Waals surface area contributed by atoms with E-state index in [0.717, 1.165) is 43.5 Å². The lowest BCUT2D eigenvalue weighted by Gasteiger charge is -2.24. The molecule has 2 atom stereocenters. The van der Waals surface area contributed by atoms with Crippen molar-refractivity contribution in [1.82, 2.24) is 5.01 Å². The highest BCUT2D eigenvalue weighted by Gasteiger charge is 2.43. The van der Waals surface area contributed by atoms with Crippen LogP contribution in [0.15, 0.2) is 82.4 Å². The van der Waals surface area contributed by atoms with E-state index in [-0.39, 0.29) is 23.3 Å². The van der Waals surface area contributed by atoms with Crippen molar-refractivity contribution in [2.45, 2.75) is 31.1 Å². The number of amides is 2. The van der Waals surface area contributed by atoms with E-state index in [1.54, 1.807) is 11.1 Å². The maximum atomic E-state index is 14.3. The van der Waals surface area contributed by atoms with Crippen molar-refractivity contribution in [2.75, 3.05) is 4.90 Å². The lowest BCUT2D eigenvalue weighted by molar-refractivity contribution is -0.121. The first-order valence-electron chi connectivity index (χ1n) is 11.4. The fourth-order valence-electron chi connectivity index (χ4n) is 4.33. The zero-order chi connectivity index (χ0) is 25.4. The molecule has 5 rings (SSSR count). The summed E-state index contributed by atoms with van der Waals surface area (Å²) < 4.78 is 15.2. The quantitative estimate of drug-likeness (QED) is 0.238. The number of hydrazone groups is 1. The highest BCUT2D eigenvalue weighted by atomic mass is 79.9. The van der Waals surface area contributed by atoms with Crippen LogP contribution in [0.5, 0.6) is 0 Å². The van der Waals surface area contributed by atoms with Gasteiger partial charge in [0.05, 0.1) is 17.4 Å². The topological polar surface area (TPSA) is 76.8 Å². The highest BCUT2D eigenvalue weighted by molar-refractivity contribution is 9.10. The van der Waals surface area contributed by atoms with E-state index in [9.17, 15) is 14.0 Å². The van der Waals surface area contributed by atoms with E-state index in [4.69, 9.17) is 10.5 Å². The van der Waals surface area contributed by atoms with Gasteiger partial charge < -0.3 is 0 Å². The Kier molecular flexibility index (Phi) is 6.77. The van der Waals surface area contributed by atoms with Gasteiger partial charge in [0.1, 0.15) is 11.1 Å². The fraction of sp³-hybridized carbons (Fsp3) is 0.185. The molecule has 2 heterocycles. The molecule has 0 spiro atoms. The monoisotopic (exact) mass is 564 g/mol. The molecule has 3 aromatic carbocycles. The summed E-state index contributed by atoms with van der Waals surface area (Å²) in [7, 11) is 0. The van der Waals surface area contributed by atoms with Gasteiger partial charge in [-0.25, -0.2) is 14.3 Å². The molecule has 2 aliphatic rings. The first-order chi connectivity index (χ1) is 17.3. The predicted octanol–water partition coefficient (Wildman–Crippen LogP) is 6.05. The number of halogens is 2. The molecule has 0 bridgehead atoms. The summed E-state index contributed by atoms with van der Waals surface area (Å²) in [6, 6.07) is 21.4. The molecule has 0 aliphatic carbocycles. The zero-order valence-electron chi connectivity index (χ0n) is 19.3. The Labute approximate surface area is 220 Å². The molecule has 0 saturated carbocycles. The van der Waals surface area contributed by atoms with Crippen LogP contribution in [0.2, 0.25) is 0 Å². The number of thioether (sulfide) groups is 1. The van der Waals surface area contributed by atoms with E-state index >= 15 is 0 Å². The number of nitrogens with one attached hydrogen (secondary N) is 1. The number of para-hydroxylation sites is 1. The average Bonchev–Trinajstić information content (AvgIpc) is 3.42. The molecule has 2 amide bonds. The molecular weight excluding hydrogens is 543 g/mol. The maximum absolute atomic E-state index is 14.3. The third-order valence-electron chi connectivity index (χ3n) is 6.21. The maximum Gasteiger partial charge on any atom is 0.247 e. The molecule has 182 valence electrons. The van der Waals surface area contributed by atoms with Crippen LogP contribution >= 0.6 is 27.7 Å². The van der Waals surface area contributed by atoms with Gasteiger partial charge in [-0.05, 0) is 42.3 Å². The molecule has 2 aliphatic heterocycles. The van der Waals surface area contributed by atoms with E-state index in [1.807, 2.05) is 55.5 Å². The second-order valence-corrected chi connectivity index (χ2v) is 10.8. The third-order valence-corrected chi connectivity index (χ3v) is 7.80. The molecule has 1 fully saturated rings. The van der Waals surface area contributed by atoms with Crippen molar-refractivity contribution in [3.8, 4) is 0 Å². The van der Waals surface area contributed by atoms with E-state index in [0.29, 0.717) is 6.42 Å². The Bertz CT molecular complexity index is 1380. The molecule has 9 heteroatoms. The molecule has 6 nitrogen and oxygen atoms in total.